The van der Waals surface area contributed by atoms with Gasteiger partial charge in [-0.3, -0.25) is 9.69 Å². The van der Waals surface area contributed by atoms with Crippen LogP contribution in [0.1, 0.15) is 43.9 Å². The van der Waals surface area contributed by atoms with Crippen LogP contribution in [0.25, 0.3) is 0 Å². The van der Waals surface area contributed by atoms with E-state index in [9.17, 15) is 4.79 Å². The van der Waals surface area contributed by atoms with Crippen LogP contribution in [-0.4, -0.2) is 23.9 Å². The Morgan fingerprint density at radius 2 is 2.07 bits per heavy atom. The highest BCUT2D eigenvalue weighted by atomic mass is 32.1. The Morgan fingerprint density at radius 1 is 1.26 bits per heavy atom. The first-order chi connectivity index (χ1) is 13.1. The summed E-state index contributed by atoms with van der Waals surface area (Å²) >= 11 is 1.85. The number of nitrogens with zero attached hydrogens (tertiary/aromatic N) is 1. The molecule has 0 spiro atoms. The molecular formula is C22H24N2O2S. The monoisotopic (exact) mass is 380 g/mol. The second-order valence-corrected chi connectivity index (χ2v) is 8.05. The molecule has 140 valence electrons. The van der Waals surface area contributed by atoms with E-state index in [1.807, 2.05) is 31.3 Å². The molecule has 1 aromatic carbocycles. The largest absolute Gasteiger partial charge is 0.466 e. The van der Waals surface area contributed by atoms with Crippen molar-refractivity contribution >= 4 is 17.2 Å². The molecule has 3 heterocycles. The number of aryl methyl sites for hydroxylation is 2. The minimum Gasteiger partial charge on any atom is -0.466 e. The number of rotatable bonds is 5. The van der Waals surface area contributed by atoms with Crippen LogP contribution in [0, 0.1) is 13.8 Å². The van der Waals surface area contributed by atoms with Crippen LogP contribution >= 0.6 is 11.3 Å². The fraction of sp³-hybridized carbons (Fsp3) is 0.318. The summed E-state index contributed by atoms with van der Waals surface area (Å²) in [5.41, 5.74) is 3.27. The van der Waals surface area contributed by atoms with E-state index in [0.717, 1.165) is 25.3 Å². The molecule has 1 N–H and O–H groups in total. The van der Waals surface area contributed by atoms with Gasteiger partial charge in [-0.15, -0.1) is 11.3 Å². The number of furan rings is 1. The van der Waals surface area contributed by atoms with Crippen molar-refractivity contribution in [2.45, 2.75) is 32.9 Å². The molecule has 0 saturated heterocycles. The van der Waals surface area contributed by atoms with Crippen molar-refractivity contribution in [1.82, 2.24) is 10.2 Å². The molecule has 0 radical (unpaired) electrons. The molecule has 1 amide bonds. The van der Waals surface area contributed by atoms with Gasteiger partial charge in [0.1, 0.15) is 11.5 Å². The first-order valence-corrected chi connectivity index (χ1v) is 10.2. The maximum atomic E-state index is 12.7. The molecule has 0 fully saturated rings. The van der Waals surface area contributed by atoms with Gasteiger partial charge in [-0.05, 0) is 48.9 Å². The molecule has 5 heteroatoms. The number of fused-ring (bicyclic) bond motifs is 1. The molecular weight excluding hydrogens is 356 g/mol. The predicted octanol–water partition coefficient (Wildman–Crippen LogP) is 4.49. The number of nitrogens with one attached hydrogen (secondary N) is 1. The summed E-state index contributed by atoms with van der Waals surface area (Å²) in [5, 5.41) is 5.31. The minimum atomic E-state index is -0.0708. The highest BCUT2D eigenvalue weighted by Gasteiger charge is 2.26. The molecule has 0 bridgehead atoms. The molecule has 0 aliphatic carbocycles. The van der Waals surface area contributed by atoms with Gasteiger partial charge in [-0.25, -0.2) is 0 Å². The van der Waals surface area contributed by atoms with Crippen molar-refractivity contribution in [3.05, 3.63) is 80.9 Å². The molecule has 0 saturated carbocycles. The zero-order valence-electron chi connectivity index (χ0n) is 15.7. The second kappa shape index (κ2) is 7.71. The zero-order valence-corrected chi connectivity index (χ0v) is 16.5. The van der Waals surface area contributed by atoms with Gasteiger partial charge in [0.2, 0.25) is 0 Å². The predicted molar refractivity (Wildman–Crippen MR) is 108 cm³/mol. The second-order valence-electron chi connectivity index (χ2n) is 7.05. The lowest BCUT2D eigenvalue weighted by molar-refractivity contribution is 0.0926. The summed E-state index contributed by atoms with van der Waals surface area (Å²) in [4.78, 5) is 16.6. The number of carbonyl (C=O) groups is 1. The van der Waals surface area contributed by atoms with E-state index in [1.54, 1.807) is 6.07 Å². The highest BCUT2D eigenvalue weighted by molar-refractivity contribution is 7.10. The lowest BCUT2D eigenvalue weighted by Crippen LogP contribution is -2.40. The quantitative estimate of drug-likeness (QED) is 0.709. The number of benzene rings is 1. The summed E-state index contributed by atoms with van der Waals surface area (Å²) in [5.74, 6) is 1.36. The molecule has 1 atom stereocenters. The summed E-state index contributed by atoms with van der Waals surface area (Å²) in [6.45, 7) is 6.21. The maximum Gasteiger partial charge on any atom is 0.254 e. The van der Waals surface area contributed by atoms with E-state index in [1.165, 1.54) is 16.0 Å². The molecule has 1 aliphatic heterocycles. The van der Waals surface area contributed by atoms with Gasteiger partial charge in [0.25, 0.3) is 5.91 Å². The van der Waals surface area contributed by atoms with Crippen molar-refractivity contribution in [3.8, 4) is 0 Å². The van der Waals surface area contributed by atoms with E-state index in [0.29, 0.717) is 17.9 Å². The van der Waals surface area contributed by atoms with Crippen LogP contribution in [0.15, 0.2) is 52.3 Å². The van der Waals surface area contributed by atoms with Gasteiger partial charge in [-0.1, -0.05) is 30.3 Å². The average Bonchev–Trinajstić information content (AvgIpc) is 3.28. The first-order valence-electron chi connectivity index (χ1n) is 9.31. The van der Waals surface area contributed by atoms with E-state index in [4.69, 9.17) is 4.42 Å². The average molecular weight is 381 g/mol. The van der Waals surface area contributed by atoms with Gasteiger partial charge in [0, 0.05) is 24.5 Å². The molecule has 1 aliphatic rings. The SMILES string of the molecule is Cc1cc(C(=O)NCC(c2ccccc2)N2CCc3sccc3C2)c(C)o1. The van der Waals surface area contributed by atoms with Crippen LogP contribution < -0.4 is 5.32 Å². The van der Waals surface area contributed by atoms with E-state index >= 15 is 0 Å². The van der Waals surface area contributed by atoms with Crippen LogP contribution in [0.2, 0.25) is 0 Å². The fourth-order valence-electron chi connectivity index (χ4n) is 3.81. The van der Waals surface area contributed by atoms with E-state index in [-0.39, 0.29) is 11.9 Å². The lowest BCUT2D eigenvalue weighted by atomic mass is 10.0. The number of hydrogen-bond donors (Lipinski definition) is 1. The van der Waals surface area contributed by atoms with Crippen LogP contribution in [0.4, 0.5) is 0 Å². The molecule has 4 rings (SSSR count). The number of thiophene rings is 1. The minimum absolute atomic E-state index is 0.0708. The smallest absolute Gasteiger partial charge is 0.254 e. The Morgan fingerprint density at radius 3 is 2.81 bits per heavy atom. The maximum absolute atomic E-state index is 12.7. The van der Waals surface area contributed by atoms with Crippen molar-refractivity contribution < 1.29 is 9.21 Å². The Labute approximate surface area is 163 Å². The van der Waals surface area contributed by atoms with Gasteiger partial charge in [-0.2, -0.15) is 0 Å². The third-order valence-corrected chi connectivity index (χ3v) is 6.23. The van der Waals surface area contributed by atoms with Gasteiger partial charge in [0.05, 0.1) is 11.6 Å². The highest BCUT2D eigenvalue weighted by Crippen LogP contribution is 2.30. The van der Waals surface area contributed by atoms with Crippen molar-refractivity contribution in [3.63, 3.8) is 0 Å². The zero-order chi connectivity index (χ0) is 18.8. The topological polar surface area (TPSA) is 45.5 Å². The van der Waals surface area contributed by atoms with Crippen molar-refractivity contribution in [2.75, 3.05) is 13.1 Å². The molecule has 27 heavy (non-hydrogen) atoms. The third-order valence-electron chi connectivity index (χ3n) is 5.20. The molecule has 3 aromatic rings. The fourth-order valence-corrected chi connectivity index (χ4v) is 4.70. The Bertz CT molecular complexity index is 929. The molecule has 2 aromatic heterocycles. The van der Waals surface area contributed by atoms with Gasteiger partial charge in [0.15, 0.2) is 0 Å². The van der Waals surface area contributed by atoms with Gasteiger partial charge >= 0.3 is 0 Å². The third kappa shape index (κ3) is 3.84. The first kappa shape index (κ1) is 18.0. The van der Waals surface area contributed by atoms with Crippen molar-refractivity contribution in [1.29, 1.82) is 0 Å². The Kier molecular flexibility index (Phi) is 5.14. The number of hydrogen-bond acceptors (Lipinski definition) is 4. The van der Waals surface area contributed by atoms with Crippen LogP contribution in [0.3, 0.4) is 0 Å². The number of carbonyl (C=O) groups excluding carboxylic acids is 1. The Balaban J connectivity index is 1.52. The van der Waals surface area contributed by atoms with Gasteiger partial charge < -0.3 is 9.73 Å². The number of amides is 1. The van der Waals surface area contributed by atoms with E-state index < -0.39 is 0 Å². The summed E-state index contributed by atoms with van der Waals surface area (Å²) in [6.07, 6.45) is 1.07. The van der Waals surface area contributed by atoms with Crippen molar-refractivity contribution in [2.24, 2.45) is 0 Å². The molecule has 4 nitrogen and oxygen atoms in total. The summed E-state index contributed by atoms with van der Waals surface area (Å²) < 4.78 is 5.50. The lowest BCUT2D eigenvalue weighted by Gasteiger charge is -2.35. The summed E-state index contributed by atoms with van der Waals surface area (Å²) in [7, 11) is 0. The summed E-state index contributed by atoms with van der Waals surface area (Å²) in [6, 6.07) is 14.6. The normalized spacial score (nSPS) is 15.3. The Hall–Kier alpha value is -2.37. The van der Waals surface area contributed by atoms with Crippen LogP contribution in [0.5, 0.6) is 0 Å². The molecule has 1 unspecified atom stereocenters. The van der Waals surface area contributed by atoms with E-state index in [2.05, 4.69) is 45.9 Å². The standard InChI is InChI=1S/C22H24N2O2S/c1-15-12-19(16(2)26-15)22(25)23-13-20(17-6-4-3-5-7-17)24-10-8-21-18(14-24)9-11-27-21/h3-7,9,11-12,20H,8,10,13-14H2,1-2H3,(H,23,25). The van der Waals surface area contributed by atoms with Crippen LogP contribution in [-0.2, 0) is 13.0 Å².